The van der Waals surface area contributed by atoms with Gasteiger partial charge in [0.25, 0.3) is 0 Å². The van der Waals surface area contributed by atoms with E-state index in [0.717, 1.165) is 32.1 Å². The maximum absolute atomic E-state index is 11.2. The van der Waals surface area contributed by atoms with Crippen LogP contribution in [0.15, 0.2) is 0 Å². The molecule has 0 atom stereocenters. The van der Waals surface area contributed by atoms with Gasteiger partial charge in [0.1, 0.15) is 6.29 Å². The molecule has 0 aromatic heterocycles. The van der Waals surface area contributed by atoms with Gasteiger partial charge in [0.2, 0.25) is 5.91 Å². The van der Waals surface area contributed by atoms with Crippen molar-refractivity contribution >= 4 is 12.2 Å². The molecule has 1 amide bonds. The van der Waals surface area contributed by atoms with Crippen LogP contribution in [0, 0.1) is 0 Å². The van der Waals surface area contributed by atoms with Gasteiger partial charge in [0, 0.05) is 19.4 Å². The second-order valence-electron chi connectivity index (χ2n) is 3.47. The van der Waals surface area contributed by atoms with Crippen molar-refractivity contribution in [3.63, 3.8) is 0 Å². The van der Waals surface area contributed by atoms with Gasteiger partial charge in [0.05, 0.1) is 0 Å². The van der Waals surface area contributed by atoms with E-state index >= 15 is 0 Å². The fraction of sp³-hybridized carbons (Fsp3) is 0.818. The molecule has 0 aliphatic rings. The van der Waals surface area contributed by atoms with Crippen molar-refractivity contribution < 1.29 is 9.59 Å². The van der Waals surface area contributed by atoms with Crippen LogP contribution in [0.1, 0.15) is 51.9 Å². The monoisotopic (exact) mass is 199 g/mol. The number of carbonyl (C=O) groups is 2. The third kappa shape index (κ3) is 9.23. The molecular weight excluding hydrogens is 178 g/mol. The zero-order chi connectivity index (χ0) is 10.6. The van der Waals surface area contributed by atoms with Gasteiger partial charge in [-0.25, -0.2) is 0 Å². The zero-order valence-electron chi connectivity index (χ0n) is 9.05. The largest absolute Gasteiger partial charge is 0.356 e. The summed E-state index contributed by atoms with van der Waals surface area (Å²) in [4.78, 5) is 21.2. The van der Waals surface area contributed by atoms with E-state index in [1.54, 1.807) is 0 Å². The number of carbonyl (C=O) groups excluding carboxylic acids is 2. The molecule has 3 heteroatoms. The van der Waals surface area contributed by atoms with Crippen molar-refractivity contribution in [2.75, 3.05) is 6.54 Å². The van der Waals surface area contributed by atoms with Gasteiger partial charge in [-0.05, 0) is 19.3 Å². The van der Waals surface area contributed by atoms with Crippen molar-refractivity contribution in [2.45, 2.75) is 51.9 Å². The molecule has 0 fully saturated rings. The fourth-order valence-electron chi connectivity index (χ4n) is 1.20. The third-order valence-electron chi connectivity index (χ3n) is 2.08. The van der Waals surface area contributed by atoms with Gasteiger partial charge in [-0.2, -0.15) is 0 Å². The maximum atomic E-state index is 11.2. The Balaban J connectivity index is 3.15. The quantitative estimate of drug-likeness (QED) is 0.456. The molecule has 3 nitrogen and oxygen atoms in total. The lowest BCUT2D eigenvalue weighted by molar-refractivity contribution is -0.121. The van der Waals surface area contributed by atoms with Crippen molar-refractivity contribution in [2.24, 2.45) is 0 Å². The molecule has 0 aliphatic heterocycles. The molecule has 0 rings (SSSR count). The Kier molecular flexibility index (Phi) is 9.59. The van der Waals surface area contributed by atoms with E-state index < -0.39 is 0 Å². The van der Waals surface area contributed by atoms with Gasteiger partial charge in [-0.1, -0.05) is 19.8 Å². The number of rotatable bonds is 9. The number of hydrogen-bond acceptors (Lipinski definition) is 2. The van der Waals surface area contributed by atoms with Crippen LogP contribution in [0.4, 0.5) is 0 Å². The predicted molar refractivity (Wildman–Crippen MR) is 57.1 cm³/mol. The Morgan fingerprint density at radius 1 is 1.21 bits per heavy atom. The summed E-state index contributed by atoms with van der Waals surface area (Å²) >= 11 is 0. The van der Waals surface area contributed by atoms with Gasteiger partial charge >= 0.3 is 0 Å². The molecule has 0 radical (unpaired) electrons. The molecule has 0 spiro atoms. The first-order chi connectivity index (χ1) is 6.81. The second kappa shape index (κ2) is 10.2. The Morgan fingerprint density at radius 3 is 2.64 bits per heavy atom. The highest BCUT2D eigenvalue weighted by Crippen LogP contribution is 1.98. The average molecular weight is 199 g/mol. The van der Waals surface area contributed by atoms with Crippen LogP contribution in [-0.2, 0) is 9.59 Å². The van der Waals surface area contributed by atoms with Crippen LogP contribution in [-0.4, -0.2) is 18.7 Å². The lowest BCUT2D eigenvalue weighted by Crippen LogP contribution is -2.23. The van der Waals surface area contributed by atoms with E-state index in [-0.39, 0.29) is 5.91 Å². The number of nitrogens with one attached hydrogen (secondary N) is 1. The highest BCUT2D eigenvalue weighted by Gasteiger charge is 1.99. The molecule has 82 valence electrons. The first-order valence-corrected chi connectivity index (χ1v) is 5.51. The van der Waals surface area contributed by atoms with Crippen molar-refractivity contribution in [1.29, 1.82) is 0 Å². The number of unbranched alkanes of at least 4 members (excludes halogenated alkanes) is 4. The summed E-state index contributed by atoms with van der Waals surface area (Å²) in [5.74, 6) is 0.118. The second-order valence-corrected chi connectivity index (χ2v) is 3.47. The smallest absolute Gasteiger partial charge is 0.219 e. The van der Waals surface area contributed by atoms with E-state index in [0.29, 0.717) is 12.8 Å². The molecule has 0 aliphatic carbocycles. The summed E-state index contributed by atoms with van der Waals surface area (Å²) in [6, 6.07) is 0. The van der Waals surface area contributed by atoms with Crippen molar-refractivity contribution in [1.82, 2.24) is 5.32 Å². The summed E-state index contributed by atoms with van der Waals surface area (Å²) in [6.45, 7) is 2.93. The van der Waals surface area contributed by atoms with Crippen LogP contribution in [0.2, 0.25) is 0 Å². The summed E-state index contributed by atoms with van der Waals surface area (Å²) < 4.78 is 0. The standard InChI is InChI=1S/C11H21NO2/c1-2-3-6-9-12-11(14)8-5-4-7-10-13/h10H,2-9H2,1H3,(H,12,14). The van der Waals surface area contributed by atoms with E-state index in [1.165, 1.54) is 12.8 Å². The molecule has 0 bridgehead atoms. The highest BCUT2D eigenvalue weighted by molar-refractivity contribution is 5.75. The van der Waals surface area contributed by atoms with Crippen LogP contribution in [0.25, 0.3) is 0 Å². The number of amides is 1. The Hall–Kier alpha value is -0.860. The first-order valence-electron chi connectivity index (χ1n) is 5.51. The Bertz CT molecular complexity index is 157. The van der Waals surface area contributed by atoms with Crippen LogP contribution < -0.4 is 5.32 Å². The molecule has 0 unspecified atom stereocenters. The zero-order valence-corrected chi connectivity index (χ0v) is 9.05. The minimum Gasteiger partial charge on any atom is -0.356 e. The van der Waals surface area contributed by atoms with Crippen molar-refractivity contribution in [3.05, 3.63) is 0 Å². The fourth-order valence-corrected chi connectivity index (χ4v) is 1.20. The predicted octanol–water partition coefficient (Wildman–Crippen LogP) is 2.05. The van der Waals surface area contributed by atoms with Crippen LogP contribution >= 0.6 is 0 Å². The van der Waals surface area contributed by atoms with Gasteiger partial charge in [-0.3, -0.25) is 4.79 Å². The molecule has 0 heterocycles. The summed E-state index contributed by atoms with van der Waals surface area (Å²) in [6.07, 6.45) is 7.09. The Labute approximate surface area is 86.3 Å². The maximum Gasteiger partial charge on any atom is 0.219 e. The summed E-state index contributed by atoms with van der Waals surface area (Å²) in [5, 5.41) is 2.87. The van der Waals surface area contributed by atoms with Crippen LogP contribution in [0.3, 0.4) is 0 Å². The molecule has 0 aromatic carbocycles. The molecule has 0 saturated heterocycles. The highest BCUT2D eigenvalue weighted by atomic mass is 16.1. The minimum atomic E-state index is 0.118. The molecule has 0 saturated carbocycles. The Morgan fingerprint density at radius 2 is 2.00 bits per heavy atom. The summed E-state index contributed by atoms with van der Waals surface area (Å²) in [7, 11) is 0. The lowest BCUT2D eigenvalue weighted by atomic mass is 10.2. The summed E-state index contributed by atoms with van der Waals surface area (Å²) in [5.41, 5.74) is 0. The average Bonchev–Trinajstić information content (AvgIpc) is 2.19. The normalized spacial score (nSPS) is 9.79. The number of hydrogen-bond donors (Lipinski definition) is 1. The molecule has 1 N–H and O–H groups in total. The minimum absolute atomic E-state index is 0.118. The van der Waals surface area contributed by atoms with Gasteiger partial charge < -0.3 is 10.1 Å². The number of aldehydes is 1. The molecule has 0 aromatic rings. The SMILES string of the molecule is CCCCCNC(=O)CCCCC=O. The van der Waals surface area contributed by atoms with Crippen LogP contribution in [0.5, 0.6) is 0 Å². The molecule has 14 heavy (non-hydrogen) atoms. The van der Waals surface area contributed by atoms with E-state index in [2.05, 4.69) is 12.2 Å². The molecular formula is C11H21NO2. The van der Waals surface area contributed by atoms with E-state index in [9.17, 15) is 9.59 Å². The third-order valence-corrected chi connectivity index (χ3v) is 2.08. The van der Waals surface area contributed by atoms with Crippen molar-refractivity contribution in [3.8, 4) is 0 Å². The van der Waals surface area contributed by atoms with E-state index in [4.69, 9.17) is 0 Å². The first kappa shape index (κ1) is 13.1. The van der Waals surface area contributed by atoms with Gasteiger partial charge in [0.15, 0.2) is 0 Å². The van der Waals surface area contributed by atoms with E-state index in [1.807, 2.05) is 0 Å². The van der Waals surface area contributed by atoms with Gasteiger partial charge in [-0.15, -0.1) is 0 Å². The topological polar surface area (TPSA) is 46.2 Å². The lowest BCUT2D eigenvalue weighted by Gasteiger charge is -2.03.